The number of phenolic OH excluding ortho intramolecular Hbond substituents is 1. The molecular weight excluding hydrogens is 290 g/mol. The molecule has 0 aromatic heterocycles. The van der Waals surface area contributed by atoms with Crippen LogP contribution < -0.4 is 5.32 Å². The topological polar surface area (TPSA) is 83.5 Å². The van der Waals surface area contributed by atoms with Crippen molar-refractivity contribution in [3.05, 3.63) is 28.8 Å². The lowest BCUT2D eigenvalue weighted by Crippen LogP contribution is -2.46. The van der Waals surface area contributed by atoms with Crippen LogP contribution in [0, 0.1) is 0 Å². The Morgan fingerprint density at radius 3 is 2.68 bits per heavy atom. The van der Waals surface area contributed by atoms with Gasteiger partial charge >= 0.3 is 0 Å². The summed E-state index contributed by atoms with van der Waals surface area (Å²) < 4.78 is 22.9. The quantitative estimate of drug-likeness (QED) is 0.864. The molecule has 1 fully saturated rings. The van der Waals surface area contributed by atoms with E-state index in [9.17, 15) is 18.3 Å². The van der Waals surface area contributed by atoms with Gasteiger partial charge in [-0.25, -0.2) is 8.42 Å². The van der Waals surface area contributed by atoms with E-state index < -0.39 is 21.3 Å². The standard InChI is InChI=1S/C12H14ClNO4S/c1-12(4-5-19(17,18)7-12)14-11(16)8-2-3-10(15)9(13)6-8/h2-3,6,15H,4-5,7H2,1H3,(H,14,16). The number of hydrogen-bond donors (Lipinski definition) is 2. The first kappa shape index (κ1) is 14.1. The summed E-state index contributed by atoms with van der Waals surface area (Å²) in [5, 5.41) is 12.1. The Balaban J connectivity index is 2.15. The largest absolute Gasteiger partial charge is 0.506 e. The number of hydrogen-bond acceptors (Lipinski definition) is 4. The van der Waals surface area contributed by atoms with Crippen LogP contribution >= 0.6 is 11.6 Å². The number of aromatic hydroxyl groups is 1. The average molecular weight is 304 g/mol. The molecule has 19 heavy (non-hydrogen) atoms. The Morgan fingerprint density at radius 1 is 1.47 bits per heavy atom. The Labute approximate surface area is 116 Å². The van der Waals surface area contributed by atoms with Crippen molar-refractivity contribution in [2.75, 3.05) is 11.5 Å². The predicted octanol–water partition coefficient (Wildman–Crippen LogP) is 1.35. The zero-order chi connectivity index (χ0) is 14.3. The van der Waals surface area contributed by atoms with Crippen molar-refractivity contribution in [2.24, 2.45) is 0 Å². The van der Waals surface area contributed by atoms with E-state index in [0.717, 1.165) is 0 Å². The number of carbonyl (C=O) groups excluding carboxylic acids is 1. The molecule has 1 saturated heterocycles. The van der Waals surface area contributed by atoms with Crippen LogP contribution in [0.4, 0.5) is 0 Å². The van der Waals surface area contributed by atoms with Gasteiger partial charge in [0.2, 0.25) is 0 Å². The summed E-state index contributed by atoms with van der Waals surface area (Å²) in [6.45, 7) is 1.71. The van der Waals surface area contributed by atoms with Gasteiger partial charge < -0.3 is 10.4 Å². The number of halogens is 1. The second kappa shape index (κ2) is 4.68. The van der Waals surface area contributed by atoms with Gasteiger partial charge in [0.1, 0.15) is 5.75 Å². The smallest absolute Gasteiger partial charge is 0.251 e. The molecule has 2 N–H and O–H groups in total. The van der Waals surface area contributed by atoms with E-state index >= 15 is 0 Å². The molecular formula is C12H14ClNO4S. The fraction of sp³-hybridized carbons (Fsp3) is 0.417. The van der Waals surface area contributed by atoms with E-state index in [1.54, 1.807) is 6.92 Å². The molecule has 1 aliphatic heterocycles. The van der Waals surface area contributed by atoms with Gasteiger partial charge in [0, 0.05) is 5.56 Å². The Bertz CT molecular complexity index is 629. The zero-order valence-corrected chi connectivity index (χ0v) is 11.9. The molecule has 1 amide bonds. The van der Waals surface area contributed by atoms with Gasteiger partial charge in [-0.3, -0.25) is 4.79 Å². The lowest BCUT2D eigenvalue weighted by atomic mass is 10.0. The second-order valence-corrected chi connectivity index (χ2v) is 7.61. The van der Waals surface area contributed by atoms with Crippen molar-refractivity contribution in [2.45, 2.75) is 18.9 Å². The SMILES string of the molecule is CC1(NC(=O)c2ccc(O)c(Cl)c2)CCS(=O)(=O)C1. The molecule has 0 radical (unpaired) electrons. The molecule has 2 rings (SSSR count). The molecule has 0 spiro atoms. The van der Waals surface area contributed by atoms with Crippen molar-refractivity contribution in [3.63, 3.8) is 0 Å². The fourth-order valence-corrected chi connectivity index (χ4v) is 4.38. The number of carbonyl (C=O) groups is 1. The van der Waals surface area contributed by atoms with Crippen LogP contribution in [-0.2, 0) is 9.84 Å². The van der Waals surface area contributed by atoms with Crippen molar-refractivity contribution in [1.29, 1.82) is 0 Å². The minimum atomic E-state index is -3.08. The van der Waals surface area contributed by atoms with E-state index in [-0.39, 0.29) is 27.8 Å². The van der Waals surface area contributed by atoms with Crippen LogP contribution in [0.2, 0.25) is 5.02 Å². The molecule has 1 aliphatic rings. The lowest BCUT2D eigenvalue weighted by molar-refractivity contribution is 0.0915. The predicted molar refractivity (Wildman–Crippen MR) is 72.3 cm³/mol. The van der Waals surface area contributed by atoms with E-state index in [1.165, 1.54) is 18.2 Å². The molecule has 1 atom stereocenters. The Kier molecular flexibility index (Phi) is 3.49. The second-order valence-electron chi connectivity index (χ2n) is 5.02. The Hall–Kier alpha value is -1.27. The van der Waals surface area contributed by atoms with Crippen LogP contribution in [0.25, 0.3) is 0 Å². The van der Waals surface area contributed by atoms with Gasteiger partial charge in [0.05, 0.1) is 22.1 Å². The summed E-state index contributed by atoms with van der Waals surface area (Å²) in [5.74, 6) is -0.480. The van der Waals surface area contributed by atoms with Gasteiger partial charge in [-0.1, -0.05) is 11.6 Å². The first-order chi connectivity index (χ1) is 8.71. The van der Waals surface area contributed by atoms with Crippen LogP contribution in [0.1, 0.15) is 23.7 Å². The van der Waals surface area contributed by atoms with Crippen molar-refractivity contribution < 1.29 is 18.3 Å². The molecule has 0 bridgehead atoms. The van der Waals surface area contributed by atoms with Gasteiger partial charge in [0.25, 0.3) is 5.91 Å². The maximum absolute atomic E-state index is 12.0. The highest BCUT2D eigenvalue weighted by Gasteiger charge is 2.39. The van der Waals surface area contributed by atoms with E-state index in [2.05, 4.69) is 5.32 Å². The molecule has 1 unspecified atom stereocenters. The Morgan fingerprint density at radius 2 is 2.16 bits per heavy atom. The third-order valence-corrected chi connectivity index (χ3v) is 5.33. The summed E-state index contributed by atoms with van der Waals surface area (Å²) in [4.78, 5) is 12.0. The molecule has 104 valence electrons. The molecule has 5 nitrogen and oxygen atoms in total. The maximum atomic E-state index is 12.0. The van der Waals surface area contributed by atoms with Gasteiger partial charge in [-0.2, -0.15) is 0 Å². The average Bonchev–Trinajstić information content (AvgIpc) is 2.56. The molecule has 7 heteroatoms. The lowest BCUT2D eigenvalue weighted by Gasteiger charge is -2.23. The summed E-state index contributed by atoms with van der Waals surface area (Å²) in [6, 6.07) is 4.10. The highest BCUT2D eigenvalue weighted by molar-refractivity contribution is 7.91. The number of sulfone groups is 1. The molecule has 1 aromatic rings. The van der Waals surface area contributed by atoms with Crippen molar-refractivity contribution in [3.8, 4) is 5.75 Å². The molecule has 0 aliphatic carbocycles. The van der Waals surface area contributed by atoms with Crippen LogP contribution in [-0.4, -0.2) is 36.5 Å². The first-order valence-corrected chi connectivity index (χ1v) is 7.92. The minimum Gasteiger partial charge on any atom is -0.506 e. The maximum Gasteiger partial charge on any atom is 0.251 e. The third kappa shape index (κ3) is 3.19. The molecule has 1 aromatic carbocycles. The number of nitrogens with one attached hydrogen (secondary N) is 1. The molecule has 1 heterocycles. The van der Waals surface area contributed by atoms with E-state index in [4.69, 9.17) is 11.6 Å². The molecule has 0 saturated carbocycles. The number of benzene rings is 1. The zero-order valence-electron chi connectivity index (χ0n) is 10.3. The van der Waals surface area contributed by atoms with Crippen molar-refractivity contribution in [1.82, 2.24) is 5.32 Å². The number of phenols is 1. The van der Waals surface area contributed by atoms with E-state index in [0.29, 0.717) is 6.42 Å². The highest BCUT2D eigenvalue weighted by atomic mass is 35.5. The first-order valence-electron chi connectivity index (χ1n) is 5.72. The highest BCUT2D eigenvalue weighted by Crippen LogP contribution is 2.26. The summed E-state index contributed by atoms with van der Waals surface area (Å²) in [5.41, 5.74) is -0.464. The fourth-order valence-electron chi connectivity index (χ4n) is 2.10. The monoisotopic (exact) mass is 303 g/mol. The summed E-state index contributed by atoms with van der Waals surface area (Å²) in [6.07, 6.45) is 0.396. The van der Waals surface area contributed by atoms with Crippen LogP contribution in [0.15, 0.2) is 18.2 Å². The van der Waals surface area contributed by atoms with Crippen LogP contribution in [0.5, 0.6) is 5.75 Å². The van der Waals surface area contributed by atoms with E-state index in [1.807, 2.05) is 0 Å². The normalized spacial score (nSPS) is 25.2. The third-order valence-electron chi connectivity index (χ3n) is 3.13. The number of rotatable bonds is 2. The van der Waals surface area contributed by atoms with Gasteiger partial charge in [-0.15, -0.1) is 0 Å². The number of amides is 1. The van der Waals surface area contributed by atoms with Crippen LogP contribution in [0.3, 0.4) is 0 Å². The van der Waals surface area contributed by atoms with Crippen molar-refractivity contribution >= 4 is 27.3 Å². The van der Waals surface area contributed by atoms with Gasteiger partial charge in [-0.05, 0) is 31.5 Å². The van der Waals surface area contributed by atoms with Gasteiger partial charge in [0.15, 0.2) is 9.84 Å². The summed E-state index contributed by atoms with van der Waals surface area (Å²) in [7, 11) is -3.08. The minimum absolute atomic E-state index is 0.0580. The summed E-state index contributed by atoms with van der Waals surface area (Å²) >= 11 is 5.73.